The molecule has 30 heavy (non-hydrogen) atoms. The van der Waals surface area contributed by atoms with Gasteiger partial charge in [0.25, 0.3) is 0 Å². The van der Waals surface area contributed by atoms with Crippen LogP contribution >= 0.6 is 0 Å². The molecule has 6 nitrogen and oxygen atoms in total. The van der Waals surface area contributed by atoms with Crippen molar-refractivity contribution in [3.63, 3.8) is 0 Å². The summed E-state index contributed by atoms with van der Waals surface area (Å²) in [6, 6.07) is 14.8. The zero-order valence-corrected chi connectivity index (χ0v) is 17.7. The SMILES string of the molecule is Cc1ccc(S(=O)(=O)NC(C(=O)Nc2ccc3c4c(cccc24)CC3)C(C)O)cc1. The number of benzene rings is 3. The number of nitrogens with one attached hydrogen (secondary N) is 2. The van der Waals surface area contributed by atoms with Crippen molar-refractivity contribution in [2.45, 2.75) is 43.7 Å². The quantitative estimate of drug-likeness (QED) is 0.567. The highest BCUT2D eigenvalue weighted by Gasteiger charge is 2.30. The number of rotatable bonds is 6. The Morgan fingerprint density at radius 2 is 1.67 bits per heavy atom. The second kappa shape index (κ2) is 7.83. The average molecular weight is 425 g/mol. The smallest absolute Gasteiger partial charge is 0.245 e. The molecular formula is C23H24N2O4S. The molecule has 2 atom stereocenters. The molecule has 0 heterocycles. The predicted octanol–water partition coefficient (Wildman–Crippen LogP) is 2.91. The molecule has 2 unspecified atom stereocenters. The third-order valence-corrected chi connectivity index (χ3v) is 6.97. The Labute approximate surface area is 176 Å². The van der Waals surface area contributed by atoms with Crippen molar-refractivity contribution < 1.29 is 18.3 Å². The van der Waals surface area contributed by atoms with Crippen LogP contribution in [0.1, 0.15) is 23.6 Å². The third-order valence-electron chi connectivity index (χ3n) is 5.51. The lowest BCUT2D eigenvalue weighted by Crippen LogP contribution is -2.50. The first-order chi connectivity index (χ1) is 14.3. The highest BCUT2D eigenvalue weighted by molar-refractivity contribution is 7.89. The lowest BCUT2D eigenvalue weighted by Gasteiger charge is -2.21. The highest BCUT2D eigenvalue weighted by Crippen LogP contribution is 2.35. The second-order valence-corrected chi connectivity index (χ2v) is 9.47. The zero-order valence-electron chi connectivity index (χ0n) is 16.8. The fraction of sp³-hybridized carbons (Fsp3) is 0.261. The van der Waals surface area contributed by atoms with Crippen LogP contribution in [0.2, 0.25) is 0 Å². The molecule has 0 fully saturated rings. The molecule has 1 amide bonds. The van der Waals surface area contributed by atoms with E-state index in [1.54, 1.807) is 12.1 Å². The van der Waals surface area contributed by atoms with E-state index in [0.717, 1.165) is 29.2 Å². The van der Waals surface area contributed by atoms with Crippen LogP contribution in [-0.4, -0.2) is 31.6 Å². The monoisotopic (exact) mass is 424 g/mol. The largest absolute Gasteiger partial charge is 0.391 e. The number of aliphatic hydroxyl groups excluding tert-OH is 1. The number of aryl methyl sites for hydroxylation is 3. The second-order valence-electron chi connectivity index (χ2n) is 7.75. The zero-order chi connectivity index (χ0) is 21.5. The van der Waals surface area contributed by atoms with Crippen LogP contribution in [0.4, 0.5) is 5.69 Å². The Hall–Kier alpha value is -2.74. The molecule has 3 aromatic carbocycles. The van der Waals surface area contributed by atoms with Gasteiger partial charge in [0, 0.05) is 11.1 Å². The summed E-state index contributed by atoms with van der Waals surface area (Å²) in [7, 11) is -3.98. The van der Waals surface area contributed by atoms with E-state index in [4.69, 9.17) is 0 Å². The van der Waals surface area contributed by atoms with Gasteiger partial charge in [-0.15, -0.1) is 0 Å². The summed E-state index contributed by atoms with van der Waals surface area (Å²) < 4.78 is 27.8. The van der Waals surface area contributed by atoms with Crippen LogP contribution in [0.25, 0.3) is 10.8 Å². The Balaban J connectivity index is 1.61. The van der Waals surface area contributed by atoms with E-state index >= 15 is 0 Å². The van der Waals surface area contributed by atoms with Crippen molar-refractivity contribution >= 4 is 32.4 Å². The van der Waals surface area contributed by atoms with E-state index in [9.17, 15) is 18.3 Å². The molecule has 0 bridgehead atoms. The van der Waals surface area contributed by atoms with Crippen LogP contribution in [0.3, 0.4) is 0 Å². The Bertz CT molecular complexity index is 1210. The lowest BCUT2D eigenvalue weighted by molar-refractivity contribution is -0.119. The summed E-state index contributed by atoms with van der Waals surface area (Å²) in [6.45, 7) is 3.24. The van der Waals surface area contributed by atoms with Crippen LogP contribution in [0.5, 0.6) is 0 Å². The Kier molecular flexibility index (Phi) is 5.36. The van der Waals surface area contributed by atoms with Gasteiger partial charge in [0.1, 0.15) is 6.04 Å². The number of sulfonamides is 1. The first-order valence-electron chi connectivity index (χ1n) is 9.88. The van der Waals surface area contributed by atoms with Crippen molar-refractivity contribution in [2.75, 3.05) is 5.32 Å². The van der Waals surface area contributed by atoms with Gasteiger partial charge >= 0.3 is 0 Å². The molecule has 156 valence electrons. The van der Waals surface area contributed by atoms with Gasteiger partial charge in [0.05, 0.1) is 11.0 Å². The molecule has 0 aliphatic heterocycles. The van der Waals surface area contributed by atoms with E-state index in [-0.39, 0.29) is 4.90 Å². The summed E-state index contributed by atoms with van der Waals surface area (Å²) in [6.07, 6.45) is 0.718. The van der Waals surface area contributed by atoms with Gasteiger partial charge < -0.3 is 10.4 Å². The normalized spacial score (nSPS) is 15.2. The molecule has 0 spiro atoms. The van der Waals surface area contributed by atoms with E-state index in [1.807, 2.05) is 31.2 Å². The minimum Gasteiger partial charge on any atom is -0.391 e. The number of hydrogen-bond acceptors (Lipinski definition) is 4. The summed E-state index contributed by atoms with van der Waals surface area (Å²) in [5.74, 6) is -0.612. The summed E-state index contributed by atoms with van der Waals surface area (Å²) in [5.41, 5.74) is 4.00. The maximum atomic E-state index is 12.9. The maximum Gasteiger partial charge on any atom is 0.245 e. The number of hydrogen-bond donors (Lipinski definition) is 3. The highest BCUT2D eigenvalue weighted by atomic mass is 32.2. The third kappa shape index (κ3) is 3.84. The average Bonchev–Trinajstić information content (AvgIpc) is 3.13. The molecule has 7 heteroatoms. The number of amides is 1. The van der Waals surface area contributed by atoms with E-state index in [1.165, 1.54) is 30.2 Å². The molecule has 0 saturated heterocycles. The lowest BCUT2D eigenvalue weighted by atomic mass is 10.0. The number of carbonyl (C=O) groups excluding carboxylic acids is 1. The minimum atomic E-state index is -3.98. The van der Waals surface area contributed by atoms with Crippen molar-refractivity contribution in [1.82, 2.24) is 4.72 Å². The number of carbonyl (C=O) groups is 1. The molecule has 3 N–H and O–H groups in total. The molecule has 0 saturated carbocycles. The first kappa shape index (κ1) is 20.5. The van der Waals surface area contributed by atoms with Crippen LogP contribution in [0.15, 0.2) is 59.5 Å². The van der Waals surface area contributed by atoms with Gasteiger partial charge in [0.2, 0.25) is 15.9 Å². The molecule has 3 aromatic rings. The summed E-state index contributed by atoms with van der Waals surface area (Å²) in [5, 5.41) is 15.0. The summed E-state index contributed by atoms with van der Waals surface area (Å²) >= 11 is 0. The molecular weight excluding hydrogens is 400 g/mol. The van der Waals surface area contributed by atoms with Crippen molar-refractivity contribution in [2.24, 2.45) is 0 Å². The molecule has 4 rings (SSSR count). The fourth-order valence-electron chi connectivity index (χ4n) is 3.89. The number of aliphatic hydroxyl groups is 1. The Morgan fingerprint density at radius 3 is 2.33 bits per heavy atom. The van der Waals surface area contributed by atoms with Crippen LogP contribution < -0.4 is 10.0 Å². The topological polar surface area (TPSA) is 95.5 Å². The van der Waals surface area contributed by atoms with Gasteiger partial charge in [-0.25, -0.2) is 8.42 Å². The first-order valence-corrected chi connectivity index (χ1v) is 11.4. The Morgan fingerprint density at radius 1 is 1.00 bits per heavy atom. The van der Waals surface area contributed by atoms with Crippen molar-refractivity contribution in [3.05, 3.63) is 71.3 Å². The standard InChI is InChI=1S/C23H24N2O4S/c1-14-6-11-18(12-7-14)30(28,29)25-22(15(2)26)23(27)24-20-13-10-17-9-8-16-4-3-5-19(20)21(16)17/h3-7,10-13,15,22,25-26H,8-9H2,1-2H3,(H,24,27). The van der Waals surface area contributed by atoms with Crippen molar-refractivity contribution in [3.8, 4) is 0 Å². The fourth-order valence-corrected chi connectivity index (χ4v) is 5.16. The van der Waals surface area contributed by atoms with E-state index in [0.29, 0.717) is 5.69 Å². The summed E-state index contributed by atoms with van der Waals surface area (Å²) in [4.78, 5) is 13.0. The van der Waals surface area contributed by atoms with E-state index < -0.39 is 28.1 Å². The van der Waals surface area contributed by atoms with Gasteiger partial charge in [-0.05, 0) is 61.4 Å². The minimum absolute atomic E-state index is 0.0388. The molecule has 1 aliphatic rings. The van der Waals surface area contributed by atoms with Crippen molar-refractivity contribution in [1.29, 1.82) is 0 Å². The molecule has 0 radical (unpaired) electrons. The van der Waals surface area contributed by atoms with Gasteiger partial charge in [-0.1, -0.05) is 42.0 Å². The maximum absolute atomic E-state index is 12.9. The van der Waals surface area contributed by atoms with Gasteiger partial charge in [-0.2, -0.15) is 4.72 Å². The van der Waals surface area contributed by atoms with E-state index in [2.05, 4.69) is 16.1 Å². The molecule has 1 aliphatic carbocycles. The van der Waals surface area contributed by atoms with Gasteiger partial charge in [0.15, 0.2) is 0 Å². The van der Waals surface area contributed by atoms with Crippen LogP contribution in [0, 0.1) is 6.92 Å². The van der Waals surface area contributed by atoms with Gasteiger partial charge in [-0.3, -0.25) is 4.79 Å². The van der Waals surface area contributed by atoms with Crippen LogP contribution in [-0.2, 0) is 27.7 Å². The molecule has 0 aromatic heterocycles. The predicted molar refractivity (Wildman–Crippen MR) is 117 cm³/mol. The number of anilines is 1.